The van der Waals surface area contributed by atoms with Crippen LogP contribution in [0.3, 0.4) is 0 Å². The van der Waals surface area contributed by atoms with Crippen LogP contribution in [0.15, 0.2) is 18.2 Å². The second kappa shape index (κ2) is 5.39. The number of anilines is 2. The molecule has 4 nitrogen and oxygen atoms in total. The minimum atomic E-state index is -0.174. The van der Waals surface area contributed by atoms with Crippen LogP contribution < -0.4 is 9.80 Å². The van der Waals surface area contributed by atoms with Crippen molar-refractivity contribution in [3.05, 3.63) is 23.8 Å². The van der Waals surface area contributed by atoms with Crippen LogP contribution in [0.5, 0.6) is 0 Å². The maximum absolute atomic E-state index is 9.68. The van der Waals surface area contributed by atoms with E-state index in [4.69, 9.17) is 4.74 Å². The highest BCUT2D eigenvalue weighted by Crippen LogP contribution is 2.28. The second-order valence-electron chi connectivity index (χ2n) is 5.51. The summed E-state index contributed by atoms with van der Waals surface area (Å²) in [5.74, 6) is 0. The first kappa shape index (κ1) is 12.8. The molecule has 1 N–H and O–H groups in total. The number of aliphatic hydroxyl groups excluding tert-OH is 1. The lowest BCUT2D eigenvalue weighted by molar-refractivity contribution is 0.122. The average molecular weight is 262 g/mol. The smallest absolute Gasteiger partial charge is 0.0731 e. The molecule has 0 bridgehead atoms. The predicted octanol–water partition coefficient (Wildman–Crippen LogP) is 1.40. The molecule has 4 heteroatoms. The van der Waals surface area contributed by atoms with Crippen molar-refractivity contribution in [2.45, 2.75) is 19.4 Å². The molecule has 0 amide bonds. The van der Waals surface area contributed by atoms with E-state index < -0.39 is 0 Å². The van der Waals surface area contributed by atoms with Gasteiger partial charge in [0.1, 0.15) is 0 Å². The number of nitrogens with zero attached hydrogens (tertiary/aromatic N) is 2. The van der Waals surface area contributed by atoms with Gasteiger partial charge in [0.15, 0.2) is 0 Å². The van der Waals surface area contributed by atoms with E-state index in [0.29, 0.717) is 0 Å². The molecule has 104 valence electrons. The van der Waals surface area contributed by atoms with Gasteiger partial charge in [0.25, 0.3) is 0 Å². The number of aliphatic hydroxyl groups is 1. The predicted molar refractivity (Wildman–Crippen MR) is 77.0 cm³/mol. The molecule has 2 aliphatic heterocycles. The Labute approximate surface area is 114 Å². The van der Waals surface area contributed by atoms with Crippen LogP contribution >= 0.6 is 0 Å². The average Bonchev–Trinajstić information content (AvgIpc) is 2.86. The van der Waals surface area contributed by atoms with E-state index in [1.54, 1.807) is 0 Å². The van der Waals surface area contributed by atoms with Gasteiger partial charge in [0.2, 0.25) is 0 Å². The van der Waals surface area contributed by atoms with Crippen LogP contribution in [0, 0.1) is 6.92 Å². The highest BCUT2D eigenvalue weighted by molar-refractivity contribution is 5.62. The zero-order valence-corrected chi connectivity index (χ0v) is 11.5. The first-order chi connectivity index (χ1) is 9.22. The highest BCUT2D eigenvalue weighted by atomic mass is 16.5. The van der Waals surface area contributed by atoms with Gasteiger partial charge in [0, 0.05) is 37.6 Å². The molecule has 2 aliphatic rings. The number of hydrogen-bond donors (Lipinski definition) is 1. The Morgan fingerprint density at radius 3 is 2.37 bits per heavy atom. The molecule has 2 saturated heterocycles. The number of ether oxygens (including phenoxy) is 1. The summed E-state index contributed by atoms with van der Waals surface area (Å²) in [6.45, 7) is 7.40. The molecular formula is C15H22N2O2. The minimum Gasteiger partial charge on any atom is -0.391 e. The lowest BCUT2D eigenvalue weighted by Crippen LogP contribution is -2.36. The lowest BCUT2D eigenvalue weighted by atomic mass is 10.1. The van der Waals surface area contributed by atoms with Crippen LogP contribution in [-0.2, 0) is 4.74 Å². The third kappa shape index (κ3) is 2.85. The third-order valence-electron chi connectivity index (χ3n) is 3.95. The van der Waals surface area contributed by atoms with Gasteiger partial charge in [-0.3, -0.25) is 0 Å². The summed E-state index contributed by atoms with van der Waals surface area (Å²) in [6.07, 6.45) is 0.702. The molecule has 0 spiro atoms. The fourth-order valence-electron chi connectivity index (χ4n) is 2.91. The maximum Gasteiger partial charge on any atom is 0.0731 e. The number of benzene rings is 1. The molecule has 1 aromatic rings. The normalized spacial score (nSPS) is 24.0. The van der Waals surface area contributed by atoms with E-state index in [0.717, 1.165) is 45.8 Å². The van der Waals surface area contributed by atoms with Crippen molar-refractivity contribution in [1.82, 2.24) is 0 Å². The summed E-state index contributed by atoms with van der Waals surface area (Å²) in [5, 5.41) is 9.68. The van der Waals surface area contributed by atoms with Crippen molar-refractivity contribution in [1.29, 1.82) is 0 Å². The zero-order chi connectivity index (χ0) is 13.2. The summed E-state index contributed by atoms with van der Waals surface area (Å²) < 4.78 is 5.41. The van der Waals surface area contributed by atoms with E-state index in [9.17, 15) is 5.11 Å². The molecule has 19 heavy (non-hydrogen) atoms. The fraction of sp³-hybridized carbons (Fsp3) is 0.600. The van der Waals surface area contributed by atoms with Gasteiger partial charge < -0.3 is 19.6 Å². The Hall–Kier alpha value is -1.26. The van der Waals surface area contributed by atoms with Crippen LogP contribution in [0.1, 0.15) is 12.0 Å². The summed E-state index contributed by atoms with van der Waals surface area (Å²) in [4.78, 5) is 4.66. The first-order valence-corrected chi connectivity index (χ1v) is 7.10. The van der Waals surface area contributed by atoms with Crippen molar-refractivity contribution in [3.8, 4) is 0 Å². The highest BCUT2D eigenvalue weighted by Gasteiger charge is 2.21. The second-order valence-corrected chi connectivity index (χ2v) is 5.51. The number of aryl methyl sites for hydroxylation is 1. The van der Waals surface area contributed by atoms with E-state index >= 15 is 0 Å². The van der Waals surface area contributed by atoms with Crippen molar-refractivity contribution in [2.75, 3.05) is 49.2 Å². The van der Waals surface area contributed by atoms with Crippen LogP contribution in [-0.4, -0.2) is 50.6 Å². The van der Waals surface area contributed by atoms with Gasteiger partial charge in [-0.2, -0.15) is 0 Å². The standard InChI is InChI=1S/C15H22N2O2/c1-12-8-13(16-4-6-19-7-5-16)10-14(9-12)17-3-2-15(18)11-17/h8-10,15,18H,2-7,11H2,1H3/t15-/m0/s1. The monoisotopic (exact) mass is 262 g/mol. The van der Waals surface area contributed by atoms with Crippen molar-refractivity contribution in [2.24, 2.45) is 0 Å². The van der Waals surface area contributed by atoms with Gasteiger partial charge >= 0.3 is 0 Å². The number of morpholine rings is 1. The molecule has 0 saturated carbocycles. The Morgan fingerprint density at radius 1 is 1.05 bits per heavy atom. The summed E-state index contributed by atoms with van der Waals surface area (Å²) in [5.41, 5.74) is 3.79. The Balaban J connectivity index is 1.83. The third-order valence-corrected chi connectivity index (χ3v) is 3.95. The van der Waals surface area contributed by atoms with Gasteiger partial charge in [-0.15, -0.1) is 0 Å². The number of hydrogen-bond acceptors (Lipinski definition) is 4. The number of rotatable bonds is 2. The fourth-order valence-corrected chi connectivity index (χ4v) is 2.91. The topological polar surface area (TPSA) is 35.9 Å². The van der Waals surface area contributed by atoms with Gasteiger partial charge in [-0.05, 0) is 37.1 Å². The van der Waals surface area contributed by atoms with E-state index in [1.807, 2.05) is 0 Å². The maximum atomic E-state index is 9.68. The van der Waals surface area contributed by atoms with Crippen LogP contribution in [0.2, 0.25) is 0 Å². The Morgan fingerprint density at radius 2 is 1.74 bits per heavy atom. The molecule has 0 unspecified atom stereocenters. The molecule has 0 radical (unpaired) electrons. The van der Waals surface area contributed by atoms with Crippen molar-refractivity contribution >= 4 is 11.4 Å². The molecule has 0 aliphatic carbocycles. The van der Waals surface area contributed by atoms with Crippen molar-refractivity contribution in [3.63, 3.8) is 0 Å². The molecule has 2 fully saturated rings. The molecule has 3 rings (SSSR count). The Bertz CT molecular complexity index is 421. The largest absolute Gasteiger partial charge is 0.391 e. The Kier molecular flexibility index (Phi) is 3.62. The first-order valence-electron chi connectivity index (χ1n) is 7.10. The molecule has 1 aromatic carbocycles. The van der Waals surface area contributed by atoms with Gasteiger partial charge in [-0.25, -0.2) is 0 Å². The van der Waals surface area contributed by atoms with Gasteiger partial charge in [0.05, 0.1) is 19.3 Å². The van der Waals surface area contributed by atoms with Crippen LogP contribution in [0.25, 0.3) is 0 Å². The molecule has 0 aromatic heterocycles. The lowest BCUT2D eigenvalue weighted by Gasteiger charge is -2.30. The molecule has 2 heterocycles. The van der Waals surface area contributed by atoms with E-state index in [1.165, 1.54) is 16.9 Å². The van der Waals surface area contributed by atoms with Crippen LogP contribution in [0.4, 0.5) is 11.4 Å². The SMILES string of the molecule is Cc1cc(N2CCOCC2)cc(N2CC[C@H](O)C2)c1. The summed E-state index contributed by atoms with van der Waals surface area (Å²) in [7, 11) is 0. The quantitative estimate of drug-likeness (QED) is 0.874. The zero-order valence-electron chi connectivity index (χ0n) is 11.5. The minimum absolute atomic E-state index is 0.174. The molecular weight excluding hydrogens is 240 g/mol. The summed E-state index contributed by atoms with van der Waals surface area (Å²) >= 11 is 0. The van der Waals surface area contributed by atoms with Crippen molar-refractivity contribution < 1.29 is 9.84 Å². The van der Waals surface area contributed by atoms with E-state index in [-0.39, 0.29) is 6.10 Å². The van der Waals surface area contributed by atoms with Gasteiger partial charge in [-0.1, -0.05) is 0 Å². The molecule has 1 atom stereocenters. The van der Waals surface area contributed by atoms with E-state index in [2.05, 4.69) is 34.9 Å². The number of β-amino-alcohol motifs (C(OH)–C–C–N with tert-alkyl or cyclic N) is 1. The summed E-state index contributed by atoms with van der Waals surface area (Å²) in [6, 6.07) is 6.69.